The fraction of sp³-hybridized carbons (Fsp3) is 0.190. The van der Waals surface area contributed by atoms with Crippen molar-refractivity contribution in [3.8, 4) is 11.1 Å². The molecule has 2 aromatic carbocycles. The van der Waals surface area contributed by atoms with E-state index >= 15 is 0 Å². The molecule has 0 spiro atoms. The maximum atomic E-state index is 14.3. The lowest BCUT2D eigenvalue weighted by Gasteiger charge is -2.09. The zero-order chi connectivity index (χ0) is 19.3. The number of aryl methyl sites for hydroxylation is 2. The van der Waals surface area contributed by atoms with Gasteiger partial charge in [-0.25, -0.2) is 12.8 Å². The smallest absolute Gasteiger partial charge is 0.180 e. The van der Waals surface area contributed by atoms with Crippen LogP contribution in [0, 0.1) is 5.82 Å². The molecule has 0 bridgehead atoms. The summed E-state index contributed by atoms with van der Waals surface area (Å²) in [6, 6.07) is 16.8. The SMILES string of the molecule is O=S(=O)(CCO)c1ccc(-c2cc(CCc3ccccn3)ccc2F)cc1. The predicted octanol–water partition coefficient (Wildman–Crippen LogP) is 3.44. The van der Waals surface area contributed by atoms with E-state index in [1.54, 1.807) is 30.5 Å². The van der Waals surface area contributed by atoms with Gasteiger partial charge in [-0.05, 0) is 60.4 Å². The van der Waals surface area contributed by atoms with Crippen LogP contribution in [0.2, 0.25) is 0 Å². The van der Waals surface area contributed by atoms with Crippen molar-refractivity contribution in [2.24, 2.45) is 0 Å². The molecule has 0 atom stereocenters. The summed E-state index contributed by atoms with van der Waals surface area (Å²) in [4.78, 5) is 4.41. The summed E-state index contributed by atoms with van der Waals surface area (Å²) in [5.74, 6) is -0.688. The maximum Gasteiger partial charge on any atom is 0.180 e. The van der Waals surface area contributed by atoms with Crippen molar-refractivity contribution in [3.05, 3.63) is 83.9 Å². The fourth-order valence-corrected chi connectivity index (χ4v) is 3.87. The van der Waals surface area contributed by atoms with Crippen molar-refractivity contribution < 1.29 is 17.9 Å². The Labute approximate surface area is 158 Å². The number of hydrogen-bond donors (Lipinski definition) is 1. The van der Waals surface area contributed by atoms with Crippen LogP contribution in [-0.2, 0) is 22.7 Å². The van der Waals surface area contributed by atoms with E-state index in [4.69, 9.17) is 5.11 Å². The number of sulfone groups is 1. The average molecular weight is 385 g/mol. The second-order valence-corrected chi connectivity index (χ2v) is 8.31. The van der Waals surface area contributed by atoms with E-state index in [1.165, 1.54) is 18.2 Å². The Balaban J connectivity index is 1.82. The Morgan fingerprint density at radius 2 is 1.74 bits per heavy atom. The van der Waals surface area contributed by atoms with Crippen LogP contribution < -0.4 is 0 Å². The number of hydrogen-bond acceptors (Lipinski definition) is 4. The van der Waals surface area contributed by atoms with Crippen molar-refractivity contribution in [2.75, 3.05) is 12.4 Å². The van der Waals surface area contributed by atoms with E-state index in [9.17, 15) is 12.8 Å². The fourth-order valence-electron chi connectivity index (χ4n) is 2.85. The lowest BCUT2D eigenvalue weighted by atomic mass is 10.00. The van der Waals surface area contributed by atoms with Crippen molar-refractivity contribution in [1.29, 1.82) is 0 Å². The molecule has 140 valence electrons. The van der Waals surface area contributed by atoms with Gasteiger partial charge in [0.1, 0.15) is 5.82 Å². The molecule has 0 aliphatic carbocycles. The quantitative estimate of drug-likeness (QED) is 0.677. The summed E-state index contributed by atoms with van der Waals surface area (Å²) in [5, 5.41) is 8.86. The van der Waals surface area contributed by atoms with Crippen LogP contribution in [-0.4, -0.2) is 30.9 Å². The summed E-state index contributed by atoms with van der Waals surface area (Å²) < 4.78 is 38.3. The first-order valence-electron chi connectivity index (χ1n) is 8.62. The van der Waals surface area contributed by atoms with Gasteiger partial charge in [-0.15, -0.1) is 0 Å². The van der Waals surface area contributed by atoms with Crippen LogP contribution in [0.4, 0.5) is 4.39 Å². The first-order chi connectivity index (χ1) is 13.0. The molecule has 1 N–H and O–H groups in total. The monoisotopic (exact) mass is 385 g/mol. The highest BCUT2D eigenvalue weighted by Crippen LogP contribution is 2.26. The van der Waals surface area contributed by atoms with E-state index in [-0.39, 0.29) is 16.5 Å². The van der Waals surface area contributed by atoms with Gasteiger partial charge in [0.15, 0.2) is 9.84 Å². The second-order valence-electron chi connectivity index (χ2n) is 6.20. The molecular weight excluding hydrogens is 365 g/mol. The van der Waals surface area contributed by atoms with Crippen molar-refractivity contribution >= 4 is 9.84 Å². The van der Waals surface area contributed by atoms with Gasteiger partial charge in [0.25, 0.3) is 0 Å². The van der Waals surface area contributed by atoms with Crippen molar-refractivity contribution in [1.82, 2.24) is 4.98 Å². The predicted molar refractivity (Wildman–Crippen MR) is 103 cm³/mol. The number of benzene rings is 2. The molecule has 6 heteroatoms. The van der Waals surface area contributed by atoms with Crippen molar-refractivity contribution in [3.63, 3.8) is 0 Å². The molecule has 0 aliphatic rings. The zero-order valence-corrected chi connectivity index (χ0v) is 15.5. The molecule has 3 aromatic rings. The number of rotatable bonds is 7. The molecule has 1 aromatic heterocycles. The minimum Gasteiger partial charge on any atom is -0.395 e. The second kappa shape index (κ2) is 8.41. The van der Waals surface area contributed by atoms with Gasteiger partial charge in [0.05, 0.1) is 17.3 Å². The molecular formula is C21H20FNO3S. The summed E-state index contributed by atoms with van der Waals surface area (Å²) in [7, 11) is -3.52. The lowest BCUT2D eigenvalue weighted by molar-refractivity contribution is 0.319. The minimum absolute atomic E-state index is 0.118. The molecule has 3 rings (SSSR count). The number of aliphatic hydroxyl groups excluding tert-OH is 1. The van der Waals surface area contributed by atoms with Crippen LogP contribution >= 0.6 is 0 Å². The molecule has 0 aliphatic heterocycles. The number of pyridine rings is 1. The first-order valence-corrected chi connectivity index (χ1v) is 10.3. The first kappa shape index (κ1) is 19.2. The third-order valence-electron chi connectivity index (χ3n) is 4.31. The van der Waals surface area contributed by atoms with E-state index in [2.05, 4.69) is 4.98 Å². The summed E-state index contributed by atoms with van der Waals surface area (Å²) in [6.45, 7) is -0.434. The third-order valence-corrected chi connectivity index (χ3v) is 6.02. The molecule has 27 heavy (non-hydrogen) atoms. The average Bonchev–Trinajstić information content (AvgIpc) is 2.68. The van der Waals surface area contributed by atoms with Gasteiger partial charge >= 0.3 is 0 Å². The van der Waals surface area contributed by atoms with Crippen LogP contribution in [0.3, 0.4) is 0 Å². The summed E-state index contributed by atoms with van der Waals surface area (Å²) >= 11 is 0. The number of halogens is 1. The largest absolute Gasteiger partial charge is 0.395 e. The van der Waals surface area contributed by atoms with Gasteiger partial charge in [0, 0.05) is 17.5 Å². The topological polar surface area (TPSA) is 67.3 Å². The molecule has 0 saturated carbocycles. The molecule has 0 saturated heterocycles. The Kier molecular flexibility index (Phi) is 5.98. The van der Waals surface area contributed by atoms with E-state index in [0.29, 0.717) is 11.1 Å². The molecule has 0 radical (unpaired) electrons. The normalized spacial score (nSPS) is 11.5. The third kappa shape index (κ3) is 4.78. The summed E-state index contributed by atoms with van der Waals surface area (Å²) in [6.07, 6.45) is 3.23. The summed E-state index contributed by atoms with van der Waals surface area (Å²) in [5.41, 5.74) is 2.99. The number of aliphatic hydroxyl groups is 1. The van der Waals surface area contributed by atoms with Gasteiger partial charge < -0.3 is 5.11 Å². The van der Waals surface area contributed by atoms with Crippen LogP contribution in [0.1, 0.15) is 11.3 Å². The number of nitrogens with zero attached hydrogens (tertiary/aromatic N) is 1. The Morgan fingerprint density at radius 3 is 2.41 bits per heavy atom. The van der Waals surface area contributed by atoms with Gasteiger partial charge in [0.2, 0.25) is 0 Å². The highest BCUT2D eigenvalue weighted by molar-refractivity contribution is 7.91. The lowest BCUT2D eigenvalue weighted by Crippen LogP contribution is -2.09. The van der Waals surface area contributed by atoms with Gasteiger partial charge in [-0.1, -0.05) is 24.3 Å². The van der Waals surface area contributed by atoms with E-state index in [0.717, 1.165) is 24.1 Å². The molecule has 0 amide bonds. The number of aromatic nitrogens is 1. The zero-order valence-electron chi connectivity index (χ0n) is 14.7. The molecule has 0 unspecified atom stereocenters. The van der Waals surface area contributed by atoms with Gasteiger partial charge in [-0.2, -0.15) is 0 Å². The Hall–Kier alpha value is -2.57. The van der Waals surface area contributed by atoms with Crippen molar-refractivity contribution in [2.45, 2.75) is 17.7 Å². The minimum atomic E-state index is -3.52. The molecule has 1 heterocycles. The van der Waals surface area contributed by atoms with Crippen LogP contribution in [0.25, 0.3) is 11.1 Å². The highest BCUT2D eigenvalue weighted by Gasteiger charge is 2.14. The standard InChI is InChI=1S/C21H20FNO3S/c22-21-11-5-16(4-8-18-3-1-2-12-23-18)15-20(21)17-6-9-19(10-7-17)27(25,26)14-13-24/h1-3,5-7,9-12,15,24H,4,8,13-14H2. The Bertz CT molecular complexity index is 1000. The molecule has 0 fully saturated rings. The molecule has 4 nitrogen and oxygen atoms in total. The maximum absolute atomic E-state index is 14.3. The van der Waals surface area contributed by atoms with E-state index < -0.39 is 16.4 Å². The van der Waals surface area contributed by atoms with Crippen LogP contribution in [0.5, 0.6) is 0 Å². The van der Waals surface area contributed by atoms with Crippen LogP contribution in [0.15, 0.2) is 71.8 Å². The van der Waals surface area contributed by atoms with E-state index in [1.807, 2.05) is 18.2 Å². The van der Waals surface area contributed by atoms with Gasteiger partial charge in [-0.3, -0.25) is 4.98 Å². The Morgan fingerprint density at radius 1 is 0.963 bits per heavy atom. The highest BCUT2D eigenvalue weighted by atomic mass is 32.2.